The molecule has 1 N–H and O–H groups in total. The minimum atomic E-state index is -2.33. The van der Waals surface area contributed by atoms with E-state index in [1.807, 2.05) is 24.3 Å². The molecule has 0 radical (unpaired) electrons. The zero-order chi connectivity index (χ0) is 13.1. The summed E-state index contributed by atoms with van der Waals surface area (Å²) in [6, 6.07) is 8.16. The molecule has 0 spiro atoms. The fourth-order valence-corrected chi connectivity index (χ4v) is 2.10. The van der Waals surface area contributed by atoms with Gasteiger partial charge in [-0.2, -0.15) is 0 Å². The number of para-hydroxylation sites is 1. The van der Waals surface area contributed by atoms with E-state index in [4.69, 9.17) is 0 Å². The number of hydrogen-bond acceptors (Lipinski definition) is 1. The van der Waals surface area contributed by atoms with Gasteiger partial charge in [-0.15, -0.1) is 0 Å². The topological polar surface area (TPSA) is 17.0 Å². The van der Waals surface area contributed by atoms with Crippen LogP contribution in [0, 0.1) is 0 Å². The van der Waals surface area contributed by atoms with Crippen molar-refractivity contribution in [3.05, 3.63) is 36.0 Å². The molecule has 0 atom stereocenters. The summed E-state index contributed by atoms with van der Waals surface area (Å²) in [4.78, 5) is 0. The van der Waals surface area contributed by atoms with Crippen LogP contribution in [0.1, 0.15) is 19.4 Å². The molecule has 98 valence electrons. The van der Waals surface area contributed by atoms with Crippen molar-refractivity contribution in [1.29, 1.82) is 0 Å². The zero-order valence-corrected chi connectivity index (χ0v) is 10.7. The summed E-state index contributed by atoms with van der Waals surface area (Å²) >= 11 is 0. The molecule has 4 heteroatoms. The highest BCUT2D eigenvalue weighted by Crippen LogP contribution is 2.21. The average Bonchev–Trinajstić information content (AvgIpc) is 2.69. The molecule has 0 amide bonds. The molecule has 2 rings (SSSR count). The van der Waals surface area contributed by atoms with Gasteiger partial charge >= 0.3 is 0 Å². The van der Waals surface area contributed by atoms with Gasteiger partial charge in [0.05, 0.1) is 12.1 Å². The Hall–Kier alpha value is -1.42. The third-order valence-electron chi connectivity index (χ3n) is 2.91. The minimum absolute atomic E-state index is 0.248. The predicted octanol–water partition coefficient (Wildman–Crippen LogP) is 3.40. The lowest BCUT2D eigenvalue weighted by molar-refractivity contribution is 0.128. The lowest BCUT2D eigenvalue weighted by atomic mass is 10.1. The molecule has 0 saturated carbocycles. The van der Waals surface area contributed by atoms with Gasteiger partial charge in [-0.3, -0.25) is 0 Å². The van der Waals surface area contributed by atoms with Crippen molar-refractivity contribution >= 4 is 10.9 Å². The van der Waals surface area contributed by atoms with Gasteiger partial charge in [-0.25, -0.2) is 8.78 Å². The predicted molar refractivity (Wildman–Crippen MR) is 69.9 cm³/mol. The summed E-state index contributed by atoms with van der Waals surface area (Å²) < 4.78 is 26.7. The molecule has 1 aromatic carbocycles. The Balaban J connectivity index is 2.35. The van der Waals surface area contributed by atoms with Crippen LogP contribution < -0.4 is 5.32 Å². The second-order valence-electron chi connectivity index (χ2n) is 4.75. The van der Waals surface area contributed by atoms with Crippen LogP contribution in [0.15, 0.2) is 30.5 Å². The molecule has 0 aliphatic rings. The van der Waals surface area contributed by atoms with Crippen molar-refractivity contribution in [3.63, 3.8) is 0 Å². The molecule has 1 aromatic heterocycles. The SMILES string of the molecule is CC(C)NCc1cccc2ccn(CC(F)F)c12. The lowest BCUT2D eigenvalue weighted by Crippen LogP contribution is -2.22. The van der Waals surface area contributed by atoms with Gasteiger partial charge in [0.2, 0.25) is 0 Å². The van der Waals surface area contributed by atoms with Crippen molar-refractivity contribution < 1.29 is 8.78 Å². The lowest BCUT2D eigenvalue weighted by Gasteiger charge is -2.12. The maximum absolute atomic E-state index is 12.5. The van der Waals surface area contributed by atoms with Crippen molar-refractivity contribution in [2.75, 3.05) is 0 Å². The first-order chi connectivity index (χ1) is 8.58. The normalized spacial score (nSPS) is 11.9. The first kappa shape index (κ1) is 13.0. The maximum Gasteiger partial charge on any atom is 0.256 e. The van der Waals surface area contributed by atoms with Gasteiger partial charge in [0.1, 0.15) is 0 Å². The standard InChI is InChI=1S/C14H18F2N2/c1-10(2)17-8-12-5-3-4-11-6-7-18(14(11)12)9-13(15)16/h3-7,10,13,17H,8-9H2,1-2H3. The third kappa shape index (κ3) is 2.88. The number of aromatic nitrogens is 1. The molecule has 0 unspecified atom stereocenters. The van der Waals surface area contributed by atoms with Crippen LogP contribution in [0.4, 0.5) is 8.78 Å². The van der Waals surface area contributed by atoms with Gasteiger partial charge in [0, 0.05) is 18.8 Å². The van der Waals surface area contributed by atoms with Crippen molar-refractivity contribution in [2.45, 2.75) is 39.4 Å². The fraction of sp³-hybridized carbons (Fsp3) is 0.429. The molecule has 0 aliphatic carbocycles. The molecule has 18 heavy (non-hydrogen) atoms. The number of nitrogens with zero attached hydrogens (tertiary/aromatic N) is 1. The maximum atomic E-state index is 12.5. The van der Waals surface area contributed by atoms with Gasteiger partial charge < -0.3 is 9.88 Å². The molecule has 0 aliphatic heterocycles. The number of halogens is 2. The Morgan fingerprint density at radius 3 is 2.67 bits per heavy atom. The quantitative estimate of drug-likeness (QED) is 0.863. The monoisotopic (exact) mass is 252 g/mol. The number of fused-ring (bicyclic) bond motifs is 1. The van der Waals surface area contributed by atoms with Crippen LogP contribution in [-0.4, -0.2) is 17.0 Å². The summed E-state index contributed by atoms with van der Waals surface area (Å²) in [7, 11) is 0. The van der Waals surface area contributed by atoms with Crippen LogP contribution in [0.25, 0.3) is 10.9 Å². The van der Waals surface area contributed by atoms with Crippen molar-refractivity contribution in [2.24, 2.45) is 0 Å². The zero-order valence-electron chi connectivity index (χ0n) is 10.7. The molecule has 0 saturated heterocycles. The Kier molecular flexibility index (Phi) is 3.97. The van der Waals surface area contributed by atoms with Crippen molar-refractivity contribution in [1.82, 2.24) is 9.88 Å². The van der Waals surface area contributed by atoms with E-state index in [1.165, 1.54) is 0 Å². The van der Waals surface area contributed by atoms with Crippen molar-refractivity contribution in [3.8, 4) is 0 Å². The summed E-state index contributed by atoms with van der Waals surface area (Å²) in [5.41, 5.74) is 1.97. The molecular formula is C14H18F2N2. The Morgan fingerprint density at radius 2 is 2.00 bits per heavy atom. The van der Waals surface area contributed by atoms with Gasteiger partial charge in [-0.1, -0.05) is 32.0 Å². The summed E-state index contributed by atoms with van der Waals surface area (Å²) in [5.74, 6) is 0. The van der Waals surface area contributed by atoms with Crippen LogP contribution in [0.3, 0.4) is 0 Å². The van der Waals surface area contributed by atoms with E-state index < -0.39 is 6.43 Å². The summed E-state index contributed by atoms with van der Waals surface area (Å²) in [5, 5.41) is 4.34. The number of rotatable bonds is 5. The van der Waals surface area contributed by atoms with Gasteiger partial charge in [0.25, 0.3) is 6.43 Å². The van der Waals surface area contributed by atoms with E-state index in [1.54, 1.807) is 10.8 Å². The van der Waals surface area contributed by atoms with E-state index in [-0.39, 0.29) is 6.54 Å². The van der Waals surface area contributed by atoms with Crippen LogP contribution in [-0.2, 0) is 13.1 Å². The van der Waals surface area contributed by atoms with E-state index in [2.05, 4.69) is 19.2 Å². The molecule has 2 nitrogen and oxygen atoms in total. The molecule has 0 fully saturated rings. The Morgan fingerprint density at radius 1 is 1.22 bits per heavy atom. The summed E-state index contributed by atoms with van der Waals surface area (Å²) in [6.07, 6.45) is -0.595. The highest BCUT2D eigenvalue weighted by molar-refractivity contribution is 5.83. The Labute approximate surface area is 106 Å². The fourth-order valence-electron chi connectivity index (χ4n) is 2.10. The largest absolute Gasteiger partial charge is 0.341 e. The van der Waals surface area contributed by atoms with Crippen LogP contribution >= 0.6 is 0 Å². The van der Waals surface area contributed by atoms with Crippen LogP contribution in [0.5, 0.6) is 0 Å². The van der Waals surface area contributed by atoms with E-state index in [0.29, 0.717) is 12.6 Å². The minimum Gasteiger partial charge on any atom is -0.341 e. The number of alkyl halides is 2. The highest BCUT2D eigenvalue weighted by atomic mass is 19.3. The summed E-state index contributed by atoms with van der Waals surface area (Å²) in [6.45, 7) is 4.58. The highest BCUT2D eigenvalue weighted by Gasteiger charge is 2.10. The smallest absolute Gasteiger partial charge is 0.256 e. The second kappa shape index (κ2) is 5.48. The Bertz CT molecular complexity index is 517. The van der Waals surface area contributed by atoms with E-state index in [0.717, 1.165) is 16.5 Å². The molecular weight excluding hydrogens is 234 g/mol. The third-order valence-corrected chi connectivity index (χ3v) is 2.91. The van der Waals surface area contributed by atoms with Gasteiger partial charge in [0.15, 0.2) is 0 Å². The van der Waals surface area contributed by atoms with Gasteiger partial charge in [-0.05, 0) is 17.0 Å². The molecule has 2 aromatic rings. The molecule has 1 heterocycles. The van der Waals surface area contributed by atoms with E-state index >= 15 is 0 Å². The van der Waals surface area contributed by atoms with Crippen LogP contribution in [0.2, 0.25) is 0 Å². The van der Waals surface area contributed by atoms with E-state index in [9.17, 15) is 8.78 Å². The number of hydrogen-bond donors (Lipinski definition) is 1. The first-order valence-corrected chi connectivity index (χ1v) is 6.16. The number of nitrogens with one attached hydrogen (secondary N) is 1. The first-order valence-electron chi connectivity index (χ1n) is 6.16. The number of benzene rings is 1. The molecule has 0 bridgehead atoms. The second-order valence-corrected chi connectivity index (χ2v) is 4.75. The average molecular weight is 252 g/mol.